The first-order valence-electron chi connectivity index (χ1n) is 10.6. The van der Waals surface area contributed by atoms with Crippen LogP contribution in [0.2, 0.25) is 0 Å². The summed E-state index contributed by atoms with van der Waals surface area (Å²) < 4.78 is 11.8. The maximum absolute atomic E-state index is 13.3. The van der Waals surface area contributed by atoms with Gasteiger partial charge in [0.1, 0.15) is 28.4 Å². The van der Waals surface area contributed by atoms with Crippen LogP contribution in [0.5, 0.6) is 11.5 Å². The Bertz CT molecular complexity index is 1270. The van der Waals surface area contributed by atoms with Crippen LogP contribution in [0.3, 0.4) is 0 Å². The molecule has 0 radical (unpaired) electrons. The standard InChI is InChI=1S/C24H23BrN4O4/c1-32-19-5-3-4-15-20(33-2)13-18(26-21(15)19)23(31)29-10-8-24(9-11-29)27-17-7-6-14(25)12-16(17)22(30)28-24/h3-7,12-13,27H,8-11H2,1-2H3,(H,28,30). The van der Waals surface area contributed by atoms with Crippen LogP contribution in [0, 0.1) is 0 Å². The van der Waals surface area contributed by atoms with Gasteiger partial charge in [-0.3, -0.25) is 9.59 Å². The first-order valence-corrected chi connectivity index (χ1v) is 11.4. The van der Waals surface area contributed by atoms with Crippen molar-refractivity contribution < 1.29 is 19.1 Å². The summed E-state index contributed by atoms with van der Waals surface area (Å²) in [7, 11) is 3.14. The number of fused-ring (bicyclic) bond motifs is 2. The number of carbonyl (C=O) groups is 2. The third-order valence-corrected chi connectivity index (χ3v) is 6.77. The Morgan fingerprint density at radius 1 is 1.06 bits per heavy atom. The van der Waals surface area contributed by atoms with Crippen molar-refractivity contribution in [3.05, 3.63) is 58.2 Å². The molecule has 2 aromatic carbocycles. The molecule has 0 aliphatic carbocycles. The third-order valence-electron chi connectivity index (χ3n) is 6.28. The molecule has 0 saturated carbocycles. The number of benzene rings is 2. The molecule has 0 bridgehead atoms. The highest BCUT2D eigenvalue weighted by atomic mass is 79.9. The van der Waals surface area contributed by atoms with Crippen LogP contribution in [0.25, 0.3) is 10.9 Å². The van der Waals surface area contributed by atoms with E-state index in [0.717, 1.165) is 15.5 Å². The van der Waals surface area contributed by atoms with Crippen molar-refractivity contribution in [2.45, 2.75) is 18.5 Å². The largest absolute Gasteiger partial charge is 0.496 e. The van der Waals surface area contributed by atoms with Crippen molar-refractivity contribution in [1.82, 2.24) is 15.2 Å². The summed E-state index contributed by atoms with van der Waals surface area (Å²) in [4.78, 5) is 32.4. The minimum absolute atomic E-state index is 0.113. The van der Waals surface area contributed by atoms with E-state index in [1.165, 1.54) is 0 Å². The molecule has 1 saturated heterocycles. The number of piperidine rings is 1. The highest BCUT2D eigenvalue weighted by Crippen LogP contribution is 2.34. The van der Waals surface area contributed by atoms with E-state index in [1.54, 1.807) is 31.3 Å². The molecule has 1 spiro atoms. The molecule has 8 nitrogen and oxygen atoms in total. The summed E-state index contributed by atoms with van der Waals surface area (Å²) in [5.74, 6) is 0.859. The number of hydrogen-bond donors (Lipinski definition) is 2. The molecule has 3 heterocycles. The molecule has 2 amide bonds. The Kier molecular flexibility index (Phi) is 5.36. The van der Waals surface area contributed by atoms with Gasteiger partial charge < -0.3 is 25.0 Å². The number of para-hydroxylation sites is 1. The van der Waals surface area contributed by atoms with E-state index in [9.17, 15) is 9.59 Å². The van der Waals surface area contributed by atoms with E-state index < -0.39 is 5.66 Å². The van der Waals surface area contributed by atoms with E-state index in [2.05, 4.69) is 31.5 Å². The molecule has 0 unspecified atom stereocenters. The lowest BCUT2D eigenvalue weighted by Gasteiger charge is -2.45. The zero-order valence-corrected chi connectivity index (χ0v) is 19.9. The number of nitrogens with one attached hydrogen (secondary N) is 2. The van der Waals surface area contributed by atoms with Crippen molar-refractivity contribution in [2.75, 3.05) is 32.6 Å². The molecule has 170 valence electrons. The van der Waals surface area contributed by atoms with Gasteiger partial charge >= 0.3 is 0 Å². The van der Waals surface area contributed by atoms with Gasteiger partial charge in [-0.2, -0.15) is 0 Å². The Morgan fingerprint density at radius 2 is 1.82 bits per heavy atom. The minimum atomic E-state index is -0.577. The second-order valence-electron chi connectivity index (χ2n) is 8.21. The van der Waals surface area contributed by atoms with E-state index >= 15 is 0 Å². The average Bonchev–Trinajstić information content (AvgIpc) is 2.83. The molecule has 2 N–H and O–H groups in total. The molecule has 2 aliphatic heterocycles. The predicted molar refractivity (Wildman–Crippen MR) is 128 cm³/mol. The molecule has 1 aromatic heterocycles. The predicted octanol–water partition coefficient (Wildman–Crippen LogP) is 3.80. The van der Waals surface area contributed by atoms with Gasteiger partial charge in [0.15, 0.2) is 0 Å². The number of pyridine rings is 1. The number of aromatic nitrogens is 1. The lowest BCUT2D eigenvalue weighted by Crippen LogP contribution is -2.62. The third kappa shape index (κ3) is 3.76. The lowest BCUT2D eigenvalue weighted by atomic mass is 9.92. The van der Waals surface area contributed by atoms with Crippen molar-refractivity contribution in [3.63, 3.8) is 0 Å². The Balaban J connectivity index is 1.38. The van der Waals surface area contributed by atoms with Crippen molar-refractivity contribution in [1.29, 1.82) is 0 Å². The minimum Gasteiger partial charge on any atom is -0.496 e. The molecule has 5 rings (SSSR count). The van der Waals surface area contributed by atoms with Gasteiger partial charge in [-0.05, 0) is 30.3 Å². The normalized spacial score (nSPS) is 16.7. The number of carbonyl (C=O) groups excluding carboxylic acids is 2. The number of nitrogens with zero attached hydrogens (tertiary/aromatic N) is 2. The van der Waals surface area contributed by atoms with Crippen LogP contribution in [0.1, 0.15) is 33.7 Å². The van der Waals surface area contributed by atoms with Crippen LogP contribution < -0.4 is 20.1 Å². The van der Waals surface area contributed by atoms with Gasteiger partial charge in [-0.15, -0.1) is 0 Å². The summed E-state index contributed by atoms with van der Waals surface area (Å²) >= 11 is 3.41. The number of halogens is 1. The zero-order chi connectivity index (χ0) is 23.2. The molecular weight excluding hydrogens is 488 g/mol. The second-order valence-corrected chi connectivity index (χ2v) is 9.13. The summed E-state index contributed by atoms with van der Waals surface area (Å²) in [5, 5.41) is 7.38. The molecule has 1 fully saturated rings. The smallest absolute Gasteiger partial charge is 0.272 e. The van der Waals surface area contributed by atoms with Crippen LogP contribution in [-0.4, -0.2) is 54.7 Å². The van der Waals surface area contributed by atoms with Crippen LogP contribution in [0.15, 0.2) is 46.9 Å². The van der Waals surface area contributed by atoms with Gasteiger partial charge in [0.2, 0.25) is 0 Å². The average molecular weight is 511 g/mol. The maximum Gasteiger partial charge on any atom is 0.272 e. The SMILES string of the molecule is COc1cc(C(=O)N2CCC3(CC2)NC(=O)c2cc(Br)ccc2N3)nc2c(OC)cccc12. The van der Waals surface area contributed by atoms with Gasteiger partial charge in [-0.25, -0.2) is 4.98 Å². The summed E-state index contributed by atoms with van der Waals surface area (Å²) in [5.41, 5.74) is 1.72. The zero-order valence-electron chi connectivity index (χ0n) is 18.3. The fraction of sp³-hybridized carbons (Fsp3) is 0.292. The molecular formula is C24H23BrN4O4. The summed E-state index contributed by atoms with van der Waals surface area (Å²) in [6, 6.07) is 12.8. The fourth-order valence-corrected chi connectivity index (χ4v) is 4.89. The van der Waals surface area contributed by atoms with Crippen LogP contribution >= 0.6 is 15.9 Å². The van der Waals surface area contributed by atoms with Crippen molar-refractivity contribution in [3.8, 4) is 11.5 Å². The Morgan fingerprint density at radius 3 is 2.55 bits per heavy atom. The number of rotatable bonds is 3. The van der Waals surface area contributed by atoms with Crippen molar-refractivity contribution in [2.24, 2.45) is 0 Å². The van der Waals surface area contributed by atoms with E-state index in [1.807, 2.05) is 30.3 Å². The first kappa shape index (κ1) is 21.5. The van der Waals surface area contributed by atoms with Crippen molar-refractivity contribution >= 4 is 44.3 Å². The number of likely N-dealkylation sites (tertiary alicyclic amines) is 1. The van der Waals surface area contributed by atoms with E-state index in [-0.39, 0.29) is 11.8 Å². The summed E-state index contributed by atoms with van der Waals surface area (Å²) in [6.45, 7) is 0.956. The van der Waals surface area contributed by atoms with E-state index in [4.69, 9.17) is 9.47 Å². The first-order chi connectivity index (χ1) is 15.9. The molecule has 2 aliphatic rings. The Hall–Kier alpha value is -3.33. The maximum atomic E-state index is 13.3. The number of amides is 2. The number of hydrogen-bond acceptors (Lipinski definition) is 6. The highest BCUT2D eigenvalue weighted by molar-refractivity contribution is 9.10. The number of ether oxygens (including phenoxy) is 2. The van der Waals surface area contributed by atoms with Gasteiger partial charge in [0.25, 0.3) is 11.8 Å². The summed E-state index contributed by atoms with van der Waals surface area (Å²) in [6.07, 6.45) is 1.15. The molecule has 3 aromatic rings. The van der Waals surface area contributed by atoms with Gasteiger partial charge in [0.05, 0.1) is 19.8 Å². The fourth-order valence-electron chi connectivity index (χ4n) is 4.52. The van der Waals surface area contributed by atoms with Gasteiger partial charge in [-0.1, -0.05) is 22.0 Å². The van der Waals surface area contributed by atoms with Gasteiger partial charge in [0, 0.05) is 47.5 Å². The van der Waals surface area contributed by atoms with Crippen LogP contribution in [-0.2, 0) is 0 Å². The molecule has 0 atom stereocenters. The number of anilines is 1. The lowest BCUT2D eigenvalue weighted by molar-refractivity contribution is 0.0634. The Labute approximate surface area is 199 Å². The van der Waals surface area contributed by atoms with Crippen LogP contribution in [0.4, 0.5) is 5.69 Å². The second kappa shape index (κ2) is 8.22. The quantitative estimate of drug-likeness (QED) is 0.556. The molecule has 33 heavy (non-hydrogen) atoms. The topological polar surface area (TPSA) is 92.8 Å². The number of methoxy groups -OCH3 is 2. The molecule has 9 heteroatoms. The highest BCUT2D eigenvalue weighted by Gasteiger charge is 2.41. The van der Waals surface area contributed by atoms with E-state index in [0.29, 0.717) is 54.2 Å². The monoisotopic (exact) mass is 510 g/mol.